The number of aromatic nitrogens is 2. The monoisotopic (exact) mass is 220 g/mol. The molecule has 1 aliphatic heterocycles. The molecule has 1 aliphatic rings. The van der Waals surface area contributed by atoms with Gasteiger partial charge in [0.25, 0.3) is 0 Å². The molecule has 1 aromatic rings. The zero-order chi connectivity index (χ0) is 11.4. The summed E-state index contributed by atoms with van der Waals surface area (Å²) < 4.78 is 0. The molecule has 0 bridgehead atoms. The van der Waals surface area contributed by atoms with Crippen LogP contribution in [0.25, 0.3) is 0 Å². The van der Waals surface area contributed by atoms with Crippen LogP contribution in [-0.4, -0.2) is 41.3 Å². The molecule has 0 amide bonds. The quantitative estimate of drug-likeness (QED) is 0.803. The lowest BCUT2D eigenvalue weighted by Gasteiger charge is -2.20. The predicted octanol–water partition coefficient (Wildman–Crippen LogP) is 0.889. The zero-order valence-corrected chi connectivity index (χ0v) is 10.2. The van der Waals surface area contributed by atoms with Crippen LogP contribution in [0, 0.1) is 13.8 Å². The average Bonchev–Trinajstić information content (AvgIpc) is 2.52. The van der Waals surface area contributed by atoms with E-state index in [1.165, 1.54) is 18.5 Å². The van der Waals surface area contributed by atoms with E-state index in [9.17, 15) is 0 Å². The lowest BCUT2D eigenvalue weighted by Crippen LogP contribution is -2.28. The molecular formula is C12H20N4. The van der Waals surface area contributed by atoms with Crippen molar-refractivity contribution in [2.45, 2.75) is 26.8 Å². The van der Waals surface area contributed by atoms with Gasteiger partial charge in [0.05, 0.1) is 11.4 Å². The Morgan fingerprint density at radius 2 is 2.12 bits per heavy atom. The zero-order valence-electron chi connectivity index (χ0n) is 10.2. The van der Waals surface area contributed by atoms with Crippen molar-refractivity contribution in [1.29, 1.82) is 0 Å². The number of nitrogens with zero attached hydrogens (tertiary/aromatic N) is 3. The number of rotatable bonds is 2. The maximum absolute atomic E-state index is 4.18. The molecule has 88 valence electrons. The van der Waals surface area contributed by atoms with Crippen molar-refractivity contribution in [3.63, 3.8) is 0 Å². The molecule has 0 unspecified atom stereocenters. The van der Waals surface area contributed by atoms with Crippen molar-refractivity contribution in [3.05, 3.63) is 23.0 Å². The van der Waals surface area contributed by atoms with Gasteiger partial charge in [0, 0.05) is 19.6 Å². The minimum atomic E-state index is 1.00. The van der Waals surface area contributed by atoms with Gasteiger partial charge in [-0.1, -0.05) is 0 Å². The van der Waals surface area contributed by atoms with Gasteiger partial charge in [-0.2, -0.15) is 10.2 Å². The second kappa shape index (κ2) is 5.37. The summed E-state index contributed by atoms with van der Waals surface area (Å²) in [4.78, 5) is 2.49. The van der Waals surface area contributed by atoms with Gasteiger partial charge in [0.2, 0.25) is 0 Å². The van der Waals surface area contributed by atoms with E-state index in [-0.39, 0.29) is 0 Å². The smallest absolute Gasteiger partial charge is 0.0645 e. The largest absolute Gasteiger partial charge is 0.315 e. The van der Waals surface area contributed by atoms with Gasteiger partial charge in [-0.3, -0.25) is 4.90 Å². The Hall–Kier alpha value is -1.00. The fourth-order valence-corrected chi connectivity index (χ4v) is 2.06. The minimum absolute atomic E-state index is 1.00. The van der Waals surface area contributed by atoms with Crippen molar-refractivity contribution in [2.24, 2.45) is 0 Å². The summed E-state index contributed by atoms with van der Waals surface area (Å²) in [6.45, 7) is 9.58. The molecule has 4 nitrogen and oxygen atoms in total. The maximum atomic E-state index is 4.18. The third-order valence-corrected chi connectivity index (χ3v) is 3.03. The fourth-order valence-electron chi connectivity index (χ4n) is 2.06. The first kappa shape index (κ1) is 11.5. The van der Waals surface area contributed by atoms with Crippen LogP contribution in [0.5, 0.6) is 0 Å². The molecule has 2 rings (SSSR count). The molecule has 1 saturated heterocycles. The highest BCUT2D eigenvalue weighted by molar-refractivity contribution is 5.19. The second-order valence-electron chi connectivity index (χ2n) is 4.48. The number of hydrogen-bond acceptors (Lipinski definition) is 4. The number of aryl methyl sites for hydroxylation is 2. The molecule has 0 aromatic carbocycles. The molecule has 0 atom stereocenters. The number of nitrogens with one attached hydrogen (secondary N) is 1. The maximum Gasteiger partial charge on any atom is 0.0645 e. The van der Waals surface area contributed by atoms with Gasteiger partial charge in [-0.25, -0.2) is 0 Å². The molecule has 16 heavy (non-hydrogen) atoms. The molecule has 0 aliphatic carbocycles. The van der Waals surface area contributed by atoms with E-state index in [1.807, 2.05) is 13.8 Å². The molecule has 0 saturated carbocycles. The molecule has 2 heterocycles. The van der Waals surface area contributed by atoms with E-state index < -0.39 is 0 Å². The SMILES string of the molecule is Cc1cc(CN2CCCNCC2)c(C)nn1. The van der Waals surface area contributed by atoms with E-state index in [2.05, 4.69) is 26.5 Å². The summed E-state index contributed by atoms with van der Waals surface area (Å²) in [7, 11) is 0. The summed E-state index contributed by atoms with van der Waals surface area (Å²) in [5.41, 5.74) is 3.38. The third-order valence-electron chi connectivity index (χ3n) is 3.03. The van der Waals surface area contributed by atoms with Crippen molar-refractivity contribution < 1.29 is 0 Å². The second-order valence-corrected chi connectivity index (χ2v) is 4.48. The summed E-state index contributed by atoms with van der Waals surface area (Å²) in [5.74, 6) is 0. The van der Waals surface area contributed by atoms with E-state index in [1.54, 1.807) is 0 Å². The Labute approximate surface area is 97.1 Å². The standard InChI is InChI=1S/C12H20N4/c1-10-8-12(11(2)15-14-10)9-16-6-3-4-13-5-7-16/h8,13H,3-7,9H2,1-2H3. The van der Waals surface area contributed by atoms with Gasteiger partial charge in [-0.05, 0) is 45.0 Å². The van der Waals surface area contributed by atoms with E-state index in [0.717, 1.165) is 37.6 Å². The van der Waals surface area contributed by atoms with Gasteiger partial charge in [0.1, 0.15) is 0 Å². The van der Waals surface area contributed by atoms with Crippen LogP contribution in [0.15, 0.2) is 6.07 Å². The Kier molecular flexibility index (Phi) is 3.85. The molecule has 1 aromatic heterocycles. The van der Waals surface area contributed by atoms with Crippen molar-refractivity contribution >= 4 is 0 Å². The molecule has 1 fully saturated rings. The molecule has 1 N–H and O–H groups in total. The first-order chi connectivity index (χ1) is 7.75. The topological polar surface area (TPSA) is 41.0 Å². The third kappa shape index (κ3) is 3.00. The molecule has 0 spiro atoms. The highest BCUT2D eigenvalue weighted by Gasteiger charge is 2.11. The van der Waals surface area contributed by atoms with Crippen molar-refractivity contribution in [3.8, 4) is 0 Å². The van der Waals surface area contributed by atoms with Crippen LogP contribution in [0.4, 0.5) is 0 Å². The van der Waals surface area contributed by atoms with E-state index >= 15 is 0 Å². The first-order valence-corrected chi connectivity index (χ1v) is 5.98. The highest BCUT2D eigenvalue weighted by atomic mass is 15.2. The minimum Gasteiger partial charge on any atom is -0.315 e. The van der Waals surface area contributed by atoms with Crippen LogP contribution in [-0.2, 0) is 6.54 Å². The summed E-state index contributed by atoms with van der Waals surface area (Å²) in [6, 6.07) is 2.15. The Bertz CT molecular complexity index is 343. The van der Waals surface area contributed by atoms with Crippen molar-refractivity contribution in [2.75, 3.05) is 26.2 Å². The first-order valence-electron chi connectivity index (χ1n) is 5.98. The lowest BCUT2D eigenvalue weighted by atomic mass is 10.2. The normalized spacial score (nSPS) is 18.4. The van der Waals surface area contributed by atoms with E-state index in [4.69, 9.17) is 0 Å². The average molecular weight is 220 g/mol. The fraction of sp³-hybridized carbons (Fsp3) is 0.667. The van der Waals surface area contributed by atoms with Gasteiger partial charge < -0.3 is 5.32 Å². The predicted molar refractivity (Wildman–Crippen MR) is 64.3 cm³/mol. The van der Waals surface area contributed by atoms with Crippen LogP contribution in [0.2, 0.25) is 0 Å². The Morgan fingerprint density at radius 1 is 1.25 bits per heavy atom. The van der Waals surface area contributed by atoms with Gasteiger partial charge in [-0.15, -0.1) is 0 Å². The molecule has 4 heteroatoms. The highest BCUT2D eigenvalue weighted by Crippen LogP contribution is 2.10. The van der Waals surface area contributed by atoms with Crippen LogP contribution < -0.4 is 5.32 Å². The van der Waals surface area contributed by atoms with E-state index in [0.29, 0.717) is 0 Å². The van der Waals surface area contributed by atoms with Crippen LogP contribution in [0.3, 0.4) is 0 Å². The van der Waals surface area contributed by atoms with Crippen LogP contribution >= 0.6 is 0 Å². The summed E-state index contributed by atoms with van der Waals surface area (Å²) in [5, 5.41) is 11.7. The molecular weight excluding hydrogens is 200 g/mol. The summed E-state index contributed by atoms with van der Waals surface area (Å²) >= 11 is 0. The Balaban J connectivity index is 2.04. The van der Waals surface area contributed by atoms with Gasteiger partial charge >= 0.3 is 0 Å². The Morgan fingerprint density at radius 3 is 3.00 bits per heavy atom. The number of hydrogen-bond donors (Lipinski definition) is 1. The van der Waals surface area contributed by atoms with Crippen molar-refractivity contribution in [1.82, 2.24) is 20.4 Å². The summed E-state index contributed by atoms with van der Waals surface area (Å²) in [6.07, 6.45) is 1.23. The van der Waals surface area contributed by atoms with Gasteiger partial charge in [0.15, 0.2) is 0 Å². The van der Waals surface area contributed by atoms with Crippen LogP contribution in [0.1, 0.15) is 23.4 Å². The lowest BCUT2D eigenvalue weighted by molar-refractivity contribution is 0.283. The molecule has 0 radical (unpaired) electrons.